The Balaban J connectivity index is 3.15. The van der Waals surface area contributed by atoms with Gasteiger partial charge in [0.2, 0.25) is 0 Å². The first kappa shape index (κ1) is 11.8. The fourth-order valence-corrected chi connectivity index (χ4v) is 1.42. The van der Waals surface area contributed by atoms with Crippen LogP contribution >= 0.6 is 0 Å². The van der Waals surface area contributed by atoms with Crippen LogP contribution in [0.5, 0.6) is 5.75 Å². The lowest BCUT2D eigenvalue weighted by molar-refractivity contribution is 0.410. The predicted octanol–water partition coefficient (Wildman–Crippen LogP) is 2.69. The van der Waals surface area contributed by atoms with Crippen LogP contribution in [0.15, 0.2) is 23.8 Å². The van der Waals surface area contributed by atoms with Gasteiger partial charge in [0.25, 0.3) is 0 Å². The average Bonchev–Trinajstić information content (AvgIpc) is 2.35. The molecule has 3 heteroatoms. The molecule has 0 saturated carbocycles. The molecule has 16 heavy (non-hydrogen) atoms. The van der Waals surface area contributed by atoms with Crippen LogP contribution in [-0.4, -0.2) is 7.11 Å². The number of rotatable bonds is 3. The maximum Gasteiger partial charge on any atom is 0.130 e. The molecule has 0 atom stereocenters. The van der Waals surface area contributed by atoms with Crippen molar-refractivity contribution in [1.29, 1.82) is 10.5 Å². The Morgan fingerprint density at radius 1 is 1.38 bits per heavy atom. The molecule has 0 aliphatic rings. The highest BCUT2D eigenvalue weighted by atomic mass is 16.5. The van der Waals surface area contributed by atoms with Gasteiger partial charge >= 0.3 is 0 Å². The number of benzene rings is 1. The number of nitriles is 2. The Bertz CT molecular complexity index is 474. The first-order valence-corrected chi connectivity index (χ1v) is 4.94. The number of hydrogen-bond donors (Lipinski definition) is 0. The molecule has 0 aromatic heterocycles. The molecule has 1 aromatic carbocycles. The summed E-state index contributed by atoms with van der Waals surface area (Å²) in [7, 11) is 1.62. The van der Waals surface area contributed by atoms with Crippen LogP contribution in [0.4, 0.5) is 0 Å². The molecule has 1 rings (SSSR count). The van der Waals surface area contributed by atoms with Crippen LogP contribution in [0.1, 0.15) is 18.1 Å². The van der Waals surface area contributed by atoms with Crippen molar-refractivity contribution in [3.63, 3.8) is 0 Å². The van der Waals surface area contributed by atoms with Gasteiger partial charge in [-0.15, -0.1) is 0 Å². The van der Waals surface area contributed by atoms with Crippen LogP contribution in [0.3, 0.4) is 0 Å². The van der Waals surface area contributed by atoms with Crippen LogP contribution in [0.25, 0.3) is 6.08 Å². The van der Waals surface area contributed by atoms with Crippen LogP contribution < -0.4 is 4.74 Å². The fourth-order valence-electron chi connectivity index (χ4n) is 1.42. The van der Waals surface area contributed by atoms with Gasteiger partial charge in [0.15, 0.2) is 0 Å². The van der Waals surface area contributed by atoms with Gasteiger partial charge in [-0.2, -0.15) is 10.5 Å². The first-order chi connectivity index (χ1) is 7.74. The lowest BCUT2D eigenvalue weighted by Crippen LogP contribution is -1.91. The van der Waals surface area contributed by atoms with Gasteiger partial charge in [-0.25, -0.2) is 0 Å². The Morgan fingerprint density at radius 2 is 2.06 bits per heavy atom. The molecule has 0 aliphatic carbocycles. The zero-order valence-electron chi connectivity index (χ0n) is 9.32. The average molecular weight is 212 g/mol. The van der Waals surface area contributed by atoms with E-state index in [-0.39, 0.29) is 5.57 Å². The van der Waals surface area contributed by atoms with Gasteiger partial charge in [-0.05, 0) is 35.8 Å². The summed E-state index contributed by atoms with van der Waals surface area (Å²) in [5.41, 5.74) is 2.01. The molecule has 0 heterocycles. The van der Waals surface area contributed by atoms with E-state index in [1.807, 2.05) is 37.3 Å². The third-order valence-electron chi connectivity index (χ3n) is 2.24. The molecule has 3 nitrogen and oxygen atoms in total. The van der Waals surface area contributed by atoms with E-state index in [0.717, 1.165) is 23.3 Å². The molecule has 0 spiro atoms. The van der Waals surface area contributed by atoms with Gasteiger partial charge in [-0.1, -0.05) is 13.0 Å². The number of hydrogen-bond acceptors (Lipinski definition) is 3. The SMILES string of the molecule is CCc1cc(C=C(C#N)C#N)ccc1OC. The molecule has 0 N–H and O–H groups in total. The third-order valence-corrected chi connectivity index (χ3v) is 2.24. The van der Waals surface area contributed by atoms with Crippen molar-refractivity contribution in [2.45, 2.75) is 13.3 Å². The molecule has 0 amide bonds. The molecule has 0 saturated heterocycles. The highest BCUT2D eigenvalue weighted by molar-refractivity contribution is 5.63. The predicted molar refractivity (Wildman–Crippen MR) is 61.6 cm³/mol. The quantitative estimate of drug-likeness (QED) is 0.724. The number of methoxy groups -OCH3 is 1. The summed E-state index contributed by atoms with van der Waals surface area (Å²) < 4.78 is 5.20. The minimum Gasteiger partial charge on any atom is -0.496 e. The number of allylic oxidation sites excluding steroid dienone is 1. The minimum absolute atomic E-state index is 0.104. The van der Waals surface area contributed by atoms with Crippen molar-refractivity contribution in [3.8, 4) is 17.9 Å². The molecule has 0 aliphatic heterocycles. The number of ether oxygens (including phenoxy) is 1. The summed E-state index contributed by atoms with van der Waals surface area (Å²) >= 11 is 0. The van der Waals surface area contributed by atoms with Gasteiger partial charge in [0, 0.05) is 0 Å². The van der Waals surface area contributed by atoms with Crippen LogP contribution in [0.2, 0.25) is 0 Å². The zero-order valence-corrected chi connectivity index (χ0v) is 9.32. The van der Waals surface area contributed by atoms with E-state index in [9.17, 15) is 0 Å². The maximum absolute atomic E-state index is 8.65. The Morgan fingerprint density at radius 3 is 2.56 bits per heavy atom. The Labute approximate surface area is 95.2 Å². The van der Waals surface area contributed by atoms with E-state index in [1.165, 1.54) is 0 Å². The number of nitrogens with zero attached hydrogens (tertiary/aromatic N) is 2. The summed E-state index contributed by atoms with van der Waals surface area (Å²) in [5, 5.41) is 17.3. The molecule has 0 radical (unpaired) electrons. The summed E-state index contributed by atoms with van der Waals surface area (Å²) in [4.78, 5) is 0. The topological polar surface area (TPSA) is 56.8 Å². The van der Waals surface area contributed by atoms with Crippen molar-refractivity contribution < 1.29 is 4.74 Å². The molecule has 0 fully saturated rings. The molecule has 1 aromatic rings. The summed E-state index contributed by atoms with van der Waals surface area (Å²) in [6.45, 7) is 2.03. The minimum atomic E-state index is 0.104. The largest absolute Gasteiger partial charge is 0.496 e. The lowest BCUT2D eigenvalue weighted by Gasteiger charge is -2.06. The number of aryl methyl sites for hydroxylation is 1. The van der Waals surface area contributed by atoms with E-state index in [2.05, 4.69) is 0 Å². The molecule has 80 valence electrons. The highest BCUT2D eigenvalue weighted by Gasteiger charge is 2.02. The molecular weight excluding hydrogens is 200 g/mol. The van der Waals surface area contributed by atoms with E-state index in [4.69, 9.17) is 15.3 Å². The van der Waals surface area contributed by atoms with Crippen molar-refractivity contribution in [1.82, 2.24) is 0 Å². The smallest absolute Gasteiger partial charge is 0.130 e. The molecular formula is C13H12N2O. The Kier molecular flexibility index (Phi) is 4.12. The van der Waals surface area contributed by atoms with Gasteiger partial charge < -0.3 is 4.74 Å². The summed E-state index contributed by atoms with van der Waals surface area (Å²) in [6, 6.07) is 9.26. The Hall–Kier alpha value is -2.26. The first-order valence-electron chi connectivity index (χ1n) is 4.94. The van der Waals surface area contributed by atoms with Crippen LogP contribution in [-0.2, 0) is 6.42 Å². The van der Waals surface area contributed by atoms with E-state index >= 15 is 0 Å². The summed E-state index contributed by atoms with van der Waals surface area (Å²) in [5.74, 6) is 0.829. The van der Waals surface area contributed by atoms with Crippen molar-refractivity contribution in [2.75, 3.05) is 7.11 Å². The monoisotopic (exact) mass is 212 g/mol. The second-order valence-corrected chi connectivity index (χ2v) is 3.21. The molecule has 0 unspecified atom stereocenters. The van der Waals surface area contributed by atoms with Gasteiger partial charge in [-0.3, -0.25) is 0 Å². The maximum atomic E-state index is 8.65. The summed E-state index contributed by atoms with van der Waals surface area (Å²) in [6.07, 6.45) is 2.41. The van der Waals surface area contributed by atoms with Gasteiger partial charge in [0.1, 0.15) is 23.5 Å². The van der Waals surface area contributed by atoms with E-state index in [0.29, 0.717) is 0 Å². The standard InChI is InChI=1S/C13H12N2O/c1-3-12-7-10(4-5-13(12)16-2)6-11(8-14)9-15/h4-7H,3H2,1-2H3. The second kappa shape index (κ2) is 5.58. The normalized spacial score (nSPS) is 8.75. The van der Waals surface area contributed by atoms with E-state index in [1.54, 1.807) is 13.2 Å². The zero-order chi connectivity index (χ0) is 12.0. The third kappa shape index (κ3) is 2.62. The van der Waals surface area contributed by atoms with Crippen molar-refractivity contribution in [3.05, 3.63) is 34.9 Å². The molecule has 0 bridgehead atoms. The van der Waals surface area contributed by atoms with Crippen molar-refractivity contribution >= 4 is 6.08 Å². The van der Waals surface area contributed by atoms with Crippen molar-refractivity contribution in [2.24, 2.45) is 0 Å². The second-order valence-electron chi connectivity index (χ2n) is 3.21. The fraction of sp³-hybridized carbons (Fsp3) is 0.231. The van der Waals surface area contributed by atoms with Gasteiger partial charge in [0.05, 0.1) is 7.11 Å². The lowest BCUT2D eigenvalue weighted by atomic mass is 10.1. The highest BCUT2D eigenvalue weighted by Crippen LogP contribution is 2.21. The van der Waals surface area contributed by atoms with Crippen LogP contribution in [0, 0.1) is 22.7 Å². The van der Waals surface area contributed by atoms with E-state index < -0.39 is 0 Å².